The number of aromatic nitrogens is 2. The van der Waals surface area contributed by atoms with Gasteiger partial charge in [-0.1, -0.05) is 48.5 Å². The number of nitrogens with zero attached hydrogens (tertiary/aromatic N) is 2. The van der Waals surface area contributed by atoms with Gasteiger partial charge < -0.3 is 14.8 Å². The summed E-state index contributed by atoms with van der Waals surface area (Å²) >= 11 is 0. The Hall–Kier alpha value is -4.13. The molecule has 4 rings (SSSR count). The van der Waals surface area contributed by atoms with Crippen molar-refractivity contribution in [2.45, 2.75) is 13.1 Å². The fourth-order valence-corrected chi connectivity index (χ4v) is 3.52. The monoisotopic (exact) mass is 429 g/mol. The quantitative estimate of drug-likeness (QED) is 0.487. The molecular weight excluding hydrogens is 406 g/mol. The third-order valence-electron chi connectivity index (χ3n) is 5.19. The SMILES string of the molecule is COc1ccc(CNC(=O)c2nn(Cc3ccccc3)c(=O)c3ccccc23)c(OC)c1. The number of methoxy groups -OCH3 is 2. The molecule has 1 N–H and O–H groups in total. The zero-order valence-electron chi connectivity index (χ0n) is 17.9. The second kappa shape index (κ2) is 9.34. The van der Waals surface area contributed by atoms with E-state index >= 15 is 0 Å². The molecule has 0 aliphatic carbocycles. The van der Waals surface area contributed by atoms with Crippen LogP contribution in [-0.4, -0.2) is 29.9 Å². The van der Waals surface area contributed by atoms with Crippen LogP contribution in [0.4, 0.5) is 0 Å². The average molecular weight is 429 g/mol. The minimum Gasteiger partial charge on any atom is -0.497 e. The van der Waals surface area contributed by atoms with Crippen LogP contribution >= 0.6 is 0 Å². The van der Waals surface area contributed by atoms with E-state index in [4.69, 9.17) is 9.47 Å². The molecule has 1 amide bonds. The summed E-state index contributed by atoms with van der Waals surface area (Å²) in [5.41, 5.74) is 1.68. The molecule has 0 bridgehead atoms. The summed E-state index contributed by atoms with van der Waals surface area (Å²) in [6.45, 7) is 0.511. The minimum absolute atomic E-state index is 0.198. The van der Waals surface area contributed by atoms with Crippen LogP contribution in [0.3, 0.4) is 0 Å². The minimum atomic E-state index is -0.374. The van der Waals surface area contributed by atoms with Crippen molar-refractivity contribution < 1.29 is 14.3 Å². The molecule has 0 saturated heterocycles. The molecule has 0 fully saturated rings. The third kappa shape index (κ3) is 4.32. The molecule has 0 spiro atoms. The van der Waals surface area contributed by atoms with Gasteiger partial charge in [0.15, 0.2) is 5.69 Å². The zero-order valence-corrected chi connectivity index (χ0v) is 17.9. The van der Waals surface area contributed by atoms with E-state index in [0.717, 1.165) is 11.1 Å². The number of hydrogen-bond donors (Lipinski definition) is 1. The number of carbonyl (C=O) groups is 1. The molecule has 1 aromatic heterocycles. The third-order valence-corrected chi connectivity index (χ3v) is 5.19. The van der Waals surface area contributed by atoms with Crippen molar-refractivity contribution in [3.8, 4) is 11.5 Å². The predicted molar refractivity (Wildman–Crippen MR) is 122 cm³/mol. The average Bonchev–Trinajstić information content (AvgIpc) is 2.84. The Labute approximate surface area is 185 Å². The van der Waals surface area contributed by atoms with Crippen LogP contribution in [-0.2, 0) is 13.1 Å². The van der Waals surface area contributed by atoms with Gasteiger partial charge in [0.05, 0.1) is 26.2 Å². The molecule has 0 saturated carbocycles. The maximum absolute atomic E-state index is 13.1. The van der Waals surface area contributed by atoms with Crippen molar-refractivity contribution in [3.63, 3.8) is 0 Å². The van der Waals surface area contributed by atoms with Gasteiger partial charge in [0.2, 0.25) is 0 Å². The highest BCUT2D eigenvalue weighted by Crippen LogP contribution is 2.24. The van der Waals surface area contributed by atoms with Crippen molar-refractivity contribution in [2.75, 3.05) is 14.2 Å². The van der Waals surface area contributed by atoms with Crippen LogP contribution in [0, 0.1) is 0 Å². The molecule has 0 aliphatic heterocycles. The van der Waals surface area contributed by atoms with Gasteiger partial charge in [-0.05, 0) is 23.8 Å². The molecule has 1 heterocycles. The second-order valence-corrected chi connectivity index (χ2v) is 7.20. The van der Waals surface area contributed by atoms with Gasteiger partial charge in [-0.3, -0.25) is 9.59 Å². The number of rotatable bonds is 7. The smallest absolute Gasteiger partial charge is 0.274 e. The molecule has 7 heteroatoms. The predicted octanol–water partition coefficient (Wildman–Crippen LogP) is 3.39. The summed E-state index contributed by atoms with van der Waals surface area (Å²) < 4.78 is 12.0. The van der Waals surface area contributed by atoms with Crippen molar-refractivity contribution in [1.82, 2.24) is 15.1 Å². The number of amides is 1. The topological polar surface area (TPSA) is 82.5 Å². The fourth-order valence-electron chi connectivity index (χ4n) is 3.52. The van der Waals surface area contributed by atoms with Gasteiger partial charge in [-0.15, -0.1) is 0 Å². The lowest BCUT2D eigenvalue weighted by atomic mass is 10.1. The van der Waals surface area contributed by atoms with Crippen molar-refractivity contribution in [3.05, 3.63) is 100.0 Å². The van der Waals surface area contributed by atoms with Gasteiger partial charge in [0.1, 0.15) is 11.5 Å². The highest BCUT2D eigenvalue weighted by Gasteiger charge is 2.17. The van der Waals surface area contributed by atoms with Crippen LogP contribution in [0.2, 0.25) is 0 Å². The van der Waals surface area contributed by atoms with Crippen molar-refractivity contribution in [2.24, 2.45) is 0 Å². The maximum Gasteiger partial charge on any atom is 0.274 e. The molecule has 0 atom stereocenters. The van der Waals surface area contributed by atoms with Crippen LogP contribution < -0.4 is 20.3 Å². The number of nitrogens with one attached hydrogen (secondary N) is 1. The molecule has 0 radical (unpaired) electrons. The first-order valence-corrected chi connectivity index (χ1v) is 10.1. The van der Waals surface area contributed by atoms with Crippen LogP contribution in [0.1, 0.15) is 21.6 Å². The van der Waals surface area contributed by atoms with E-state index < -0.39 is 0 Å². The molecule has 162 valence electrons. The highest BCUT2D eigenvalue weighted by atomic mass is 16.5. The Bertz CT molecular complexity index is 1320. The summed E-state index contributed by atoms with van der Waals surface area (Å²) in [6, 6.07) is 21.9. The van der Waals surface area contributed by atoms with E-state index in [9.17, 15) is 9.59 Å². The van der Waals surface area contributed by atoms with E-state index in [1.807, 2.05) is 36.4 Å². The largest absolute Gasteiger partial charge is 0.497 e. The molecule has 3 aromatic carbocycles. The number of ether oxygens (including phenoxy) is 2. The van der Waals surface area contributed by atoms with Crippen molar-refractivity contribution in [1.29, 1.82) is 0 Å². The lowest BCUT2D eigenvalue weighted by Gasteiger charge is -2.13. The van der Waals surface area contributed by atoms with Gasteiger partial charge >= 0.3 is 0 Å². The fraction of sp³-hybridized carbons (Fsp3) is 0.160. The summed E-state index contributed by atoms with van der Waals surface area (Å²) in [6.07, 6.45) is 0. The first-order chi connectivity index (χ1) is 15.6. The first-order valence-electron chi connectivity index (χ1n) is 10.1. The highest BCUT2D eigenvalue weighted by molar-refractivity contribution is 6.04. The van der Waals surface area contributed by atoms with Crippen molar-refractivity contribution >= 4 is 16.7 Å². The second-order valence-electron chi connectivity index (χ2n) is 7.20. The van der Waals surface area contributed by atoms with E-state index in [0.29, 0.717) is 22.3 Å². The standard InChI is InChI=1S/C25H23N3O4/c1-31-19-13-12-18(22(14-19)32-2)15-26-24(29)23-20-10-6-7-11-21(20)25(30)28(27-23)16-17-8-4-3-5-9-17/h3-14H,15-16H2,1-2H3,(H,26,29). The van der Waals surface area contributed by atoms with E-state index in [2.05, 4.69) is 10.4 Å². The van der Waals surface area contributed by atoms with Gasteiger partial charge in [0.25, 0.3) is 11.5 Å². The Kier molecular flexibility index (Phi) is 6.17. The molecule has 0 unspecified atom stereocenters. The molecule has 32 heavy (non-hydrogen) atoms. The van der Waals surface area contributed by atoms with Crippen LogP contribution in [0.15, 0.2) is 77.6 Å². The first kappa shape index (κ1) is 21.1. The molecule has 4 aromatic rings. The van der Waals surface area contributed by atoms with Gasteiger partial charge in [-0.2, -0.15) is 5.10 Å². The molecule has 0 aliphatic rings. The molecule has 7 nitrogen and oxygen atoms in total. The van der Waals surface area contributed by atoms with Gasteiger partial charge in [-0.25, -0.2) is 4.68 Å². The summed E-state index contributed by atoms with van der Waals surface area (Å²) in [5.74, 6) is 0.898. The number of benzene rings is 3. The maximum atomic E-state index is 13.1. The number of fused-ring (bicyclic) bond motifs is 1. The van der Waals surface area contributed by atoms with E-state index in [1.54, 1.807) is 50.6 Å². The van der Waals surface area contributed by atoms with Crippen LogP contribution in [0.5, 0.6) is 11.5 Å². The van der Waals surface area contributed by atoms with E-state index in [-0.39, 0.29) is 30.2 Å². The Morgan fingerprint density at radius 3 is 2.38 bits per heavy atom. The lowest BCUT2D eigenvalue weighted by Crippen LogP contribution is -2.30. The number of hydrogen-bond acceptors (Lipinski definition) is 5. The number of carbonyl (C=O) groups excluding carboxylic acids is 1. The Balaban J connectivity index is 1.66. The van der Waals surface area contributed by atoms with E-state index in [1.165, 1.54) is 4.68 Å². The Morgan fingerprint density at radius 1 is 0.938 bits per heavy atom. The Morgan fingerprint density at radius 2 is 1.66 bits per heavy atom. The normalized spacial score (nSPS) is 10.7. The molecular formula is C25H23N3O4. The zero-order chi connectivity index (χ0) is 22.5. The summed E-state index contributed by atoms with van der Waals surface area (Å²) in [4.78, 5) is 26.1. The van der Waals surface area contributed by atoms with Crippen LogP contribution in [0.25, 0.3) is 10.8 Å². The summed E-state index contributed by atoms with van der Waals surface area (Å²) in [5, 5.41) is 8.28. The summed E-state index contributed by atoms with van der Waals surface area (Å²) in [7, 11) is 3.14. The van der Waals surface area contributed by atoms with Gasteiger partial charge in [0, 0.05) is 23.6 Å². The lowest BCUT2D eigenvalue weighted by molar-refractivity contribution is 0.0945.